The van der Waals surface area contributed by atoms with Crippen LogP contribution in [0.4, 0.5) is 0 Å². The molecule has 0 atom stereocenters. The zero-order chi connectivity index (χ0) is 11.9. The van der Waals surface area contributed by atoms with Crippen molar-refractivity contribution in [3.8, 4) is 0 Å². The molecule has 0 aliphatic heterocycles. The van der Waals surface area contributed by atoms with Gasteiger partial charge in [-0.25, -0.2) is 0 Å². The summed E-state index contributed by atoms with van der Waals surface area (Å²) < 4.78 is 34.6. The SMILES string of the molecule is O=S(=O)(O)CCCCOCCc1ccsc1.[H-].[Na+]. The molecule has 0 radical (unpaired) electrons. The molecular formula is C10H17NaO4S2. The molecule has 1 aromatic heterocycles. The zero-order valence-electron chi connectivity index (χ0n) is 11.0. The van der Waals surface area contributed by atoms with Gasteiger partial charge in [-0.05, 0) is 41.7 Å². The summed E-state index contributed by atoms with van der Waals surface area (Å²) in [5.41, 5.74) is 1.27. The van der Waals surface area contributed by atoms with Gasteiger partial charge in [0, 0.05) is 6.61 Å². The predicted molar refractivity (Wildman–Crippen MR) is 65.6 cm³/mol. The third-order valence-electron chi connectivity index (χ3n) is 2.06. The van der Waals surface area contributed by atoms with E-state index in [9.17, 15) is 8.42 Å². The Morgan fingerprint density at radius 2 is 2.12 bits per heavy atom. The molecule has 4 nitrogen and oxygen atoms in total. The maximum atomic E-state index is 10.4. The maximum Gasteiger partial charge on any atom is 1.00 e. The van der Waals surface area contributed by atoms with Crippen molar-refractivity contribution in [3.63, 3.8) is 0 Å². The standard InChI is InChI=1S/C10H16O4S2.Na.H/c11-16(12,13)8-2-1-5-14-6-3-10-4-7-15-9-10;;/h4,7,9H,1-3,5-6,8H2,(H,11,12,13);;/q;+1;-1. The molecule has 0 saturated heterocycles. The first kappa shape index (κ1) is 17.6. The van der Waals surface area contributed by atoms with Gasteiger partial charge in [0.05, 0.1) is 12.4 Å². The van der Waals surface area contributed by atoms with Crippen molar-refractivity contribution >= 4 is 21.5 Å². The third-order valence-corrected chi connectivity index (χ3v) is 3.59. The number of unbranched alkanes of at least 4 members (excludes halogenated alkanes) is 1. The van der Waals surface area contributed by atoms with E-state index in [0.29, 0.717) is 26.1 Å². The second kappa shape index (κ2) is 9.49. The molecule has 0 spiro atoms. The van der Waals surface area contributed by atoms with Crippen LogP contribution in [0.3, 0.4) is 0 Å². The number of hydrogen-bond donors (Lipinski definition) is 1. The smallest absolute Gasteiger partial charge is 1.00 e. The molecule has 1 N–H and O–H groups in total. The van der Waals surface area contributed by atoms with Gasteiger partial charge in [-0.1, -0.05) is 0 Å². The Labute approximate surface area is 130 Å². The molecule has 1 aromatic rings. The summed E-state index contributed by atoms with van der Waals surface area (Å²) in [6, 6.07) is 2.06. The number of hydrogen-bond acceptors (Lipinski definition) is 4. The van der Waals surface area contributed by atoms with Gasteiger partial charge in [0.2, 0.25) is 0 Å². The molecule has 0 aliphatic carbocycles. The average Bonchev–Trinajstić information content (AvgIpc) is 2.67. The second-order valence-corrected chi connectivity index (χ2v) is 5.84. The van der Waals surface area contributed by atoms with E-state index in [1.54, 1.807) is 11.3 Å². The fourth-order valence-corrected chi connectivity index (χ4v) is 2.49. The molecule has 1 rings (SSSR count). The molecular weight excluding hydrogens is 271 g/mol. The Hall–Kier alpha value is 0.570. The van der Waals surface area contributed by atoms with Crippen LogP contribution in [-0.2, 0) is 21.3 Å². The van der Waals surface area contributed by atoms with Gasteiger partial charge >= 0.3 is 29.6 Å². The molecule has 17 heavy (non-hydrogen) atoms. The normalized spacial score (nSPS) is 11.1. The summed E-state index contributed by atoms with van der Waals surface area (Å²) >= 11 is 1.66. The van der Waals surface area contributed by atoms with E-state index in [1.807, 2.05) is 5.38 Å². The van der Waals surface area contributed by atoms with Gasteiger partial charge in [0.1, 0.15) is 0 Å². The first-order valence-corrected chi connectivity index (χ1v) is 7.67. The van der Waals surface area contributed by atoms with Crippen LogP contribution in [0.1, 0.15) is 19.8 Å². The van der Waals surface area contributed by atoms with Crippen LogP contribution in [-0.4, -0.2) is 31.9 Å². The topological polar surface area (TPSA) is 63.6 Å². The number of ether oxygens (including phenoxy) is 1. The van der Waals surface area contributed by atoms with Gasteiger partial charge in [-0.2, -0.15) is 19.8 Å². The molecule has 0 unspecified atom stereocenters. The summed E-state index contributed by atoms with van der Waals surface area (Å²) in [4.78, 5) is 0. The Morgan fingerprint density at radius 3 is 2.71 bits per heavy atom. The van der Waals surface area contributed by atoms with Crippen LogP contribution in [0, 0.1) is 0 Å². The van der Waals surface area contributed by atoms with Crippen LogP contribution in [0.15, 0.2) is 16.8 Å². The van der Waals surface area contributed by atoms with Crippen LogP contribution in [0.25, 0.3) is 0 Å². The predicted octanol–water partition coefficient (Wildman–Crippen LogP) is -0.908. The van der Waals surface area contributed by atoms with Crippen molar-refractivity contribution in [1.82, 2.24) is 0 Å². The summed E-state index contributed by atoms with van der Waals surface area (Å²) in [5.74, 6) is -0.180. The second-order valence-electron chi connectivity index (χ2n) is 3.49. The van der Waals surface area contributed by atoms with E-state index in [4.69, 9.17) is 9.29 Å². The van der Waals surface area contributed by atoms with Crippen molar-refractivity contribution in [2.24, 2.45) is 0 Å². The monoisotopic (exact) mass is 288 g/mol. The fourth-order valence-electron chi connectivity index (χ4n) is 1.22. The molecule has 7 heteroatoms. The molecule has 0 aliphatic rings. The quantitative estimate of drug-likeness (QED) is 0.382. The minimum Gasteiger partial charge on any atom is -1.00 e. The summed E-state index contributed by atoms with van der Waals surface area (Å²) in [6.45, 7) is 1.20. The van der Waals surface area contributed by atoms with Gasteiger partial charge in [0.25, 0.3) is 10.1 Å². The molecule has 0 fully saturated rings. The van der Waals surface area contributed by atoms with Crippen LogP contribution in [0.5, 0.6) is 0 Å². The minimum absolute atomic E-state index is 0. The molecule has 0 bridgehead atoms. The first-order chi connectivity index (χ1) is 7.58. The Bertz CT molecular complexity index is 381. The van der Waals surface area contributed by atoms with Crippen LogP contribution < -0.4 is 29.6 Å². The molecule has 1 heterocycles. The van der Waals surface area contributed by atoms with Crippen LogP contribution >= 0.6 is 11.3 Å². The fraction of sp³-hybridized carbons (Fsp3) is 0.600. The Kier molecular flexibility index (Phi) is 9.81. The largest absolute Gasteiger partial charge is 1.00 e. The Balaban J connectivity index is 0. The molecule has 0 amide bonds. The molecule has 0 aromatic carbocycles. The summed E-state index contributed by atoms with van der Waals surface area (Å²) in [7, 11) is -3.81. The minimum atomic E-state index is -3.81. The Morgan fingerprint density at radius 1 is 1.35 bits per heavy atom. The van der Waals surface area contributed by atoms with Gasteiger partial charge in [-0.3, -0.25) is 4.55 Å². The average molecular weight is 288 g/mol. The van der Waals surface area contributed by atoms with Crippen molar-refractivity contribution in [2.45, 2.75) is 19.3 Å². The number of thiophene rings is 1. The van der Waals surface area contributed by atoms with Gasteiger partial charge < -0.3 is 6.16 Å². The van der Waals surface area contributed by atoms with E-state index >= 15 is 0 Å². The zero-order valence-corrected chi connectivity index (χ0v) is 13.6. The van der Waals surface area contributed by atoms with E-state index in [0.717, 1.165) is 6.42 Å². The van der Waals surface area contributed by atoms with E-state index in [-0.39, 0.29) is 36.7 Å². The van der Waals surface area contributed by atoms with Gasteiger partial charge in [0.15, 0.2) is 0 Å². The van der Waals surface area contributed by atoms with Gasteiger partial charge in [-0.15, -0.1) is 0 Å². The van der Waals surface area contributed by atoms with Crippen LogP contribution in [0.2, 0.25) is 0 Å². The number of rotatable bonds is 8. The molecule has 0 saturated carbocycles. The molecule has 94 valence electrons. The maximum absolute atomic E-state index is 10.4. The van der Waals surface area contributed by atoms with E-state index in [1.165, 1.54) is 5.56 Å². The summed E-state index contributed by atoms with van der Waals surface area (Å²) in [5, 5.41) is 4.11. The third kappa shape index (κ3) is 10.2. The van der Waals surface area contributed by atoms with Crippen molar-refractivity contribution in [3.05, 3.63) is 22.4 Å². The van der Waals surface area contributed by atoms with E-state index in [2.05, 4.69) is 11.4 Å². The van der Waals surface area contributed by atoms with E-state index < -0.39 is 10.1 Å². The first-order valence-electron chi connectivity index (χ1n) is 5.12. The van der Waals surface area contributed by atoms with Crippen molar-refractivity contribution in [1.29, 1.82) is 0 Å². The van der Waals surface area contributed by atoms with Crippen molar-refractivity contribution in [2.75, 3.05) is 19.0 Å². The summed E-state index contributed by atoms with van der Waals surface area (Å²) in [6.07, 6.45) is 1.99. The van der Waals surface area contributed by atoms with Crippen molar-refractivity contribution < 1.29 is 48.7 Å².